The van der Waals surface area contributed by atoms with Crippen LogP contribution in [0.1, 0.15) is 30.9 Å². The molecule has 1 aliphatic rings. The first-order chi connectivity index (χ1) is 8.30. The van der Waals surface area contributed by atoms with Gasteiger partial charge in [0.05, 0.1) is 5.56 Å². The number of benzene rings is 1. The lowest BCUT2D eigenvalue weighted by molar-refractivity contribution is -0.140. The Hall–Kier alpha value is -0.810. The van der Waals surface area contributed by atoms with Gasteiger partial charge in [-0.3, -0.25) is 0 Å². The lowest BCUT2D eigenvalue weighted by Crippen LogP contribution is -2.38. The van der Waals surface area contributed by atoms with Crippen molar-refractivity contribution in [2.24, 2.45) is 0 Å². The van der Waals surface area contributed by atoms with Crippen LogP contribution in [0.15, 0.2) is 18.2 Å². The highest BCUT2D eigenvalue weighted by atomic mass is 35.5. The molecule has 1 heterocycles. The average Bonchev–Trinajstić information content (AvgIpc) is 2.66. The van der Waals surface area contributed by atoms with Gasteiger partial charge >= 0.3 is 6.18 Å². The quantitative estimate of drug-likeness (QED) is 0.815. The molecule has 1 fully saturated rings. The summed E-state index contributed by atoms with van der Waals surface area (Å²) in [6.45, 7) is 2.86. The second kappa shape index (κ2) is 5.67. The van der Waals surface area contributed by atoms with Crippen LogP contribution in [0, 0.1) is 5.82 Å². The Balaban J connectivity index is 0.00000180. The zero-order valence-electron chi connectivity index (χ0n) is 10.5. The van der Waals surface area contributed by atoms with Gasteiger partial charge in [0.1, 0.15) is 5.82 Å². The van der Waals surface area contributed by atoms with E-state index in [9.17, 15) is 17.6 Å². The van der Waals surface area contributed by atoms with E-state index in [1.807, 2.05) is 6.92 Å². The Morgan fingerprint density at radius 1 is 1.32 bits per heavy atom. The minimum Gasteiger partial charge on any atom is -0.311 e. The van der Waals surface area contributed by atoms with E-state index in [0.717, 1.165) is 31.5 Å². The van der Waals surface area contributed by atoms with Crippen LogP contribution in [0.3, 0.4) is 0 Å². The lowest BCUT2D eigenvalue weighted by atomic mass is 9.90. The van der Waals surface area contributed by atoms with Crippen molar-refractivity contribution in [2.45, 2.75) is 37.9 Å². The molecule has 108 valence electrons. The highest BCUT2D eigenvalue weighted by molar-refractivity contribution is 5.85. The first kappa shape index (κ1) is 16.2. The minimum atomic E-state index is -4.63. The predicted molar refractivity (Wildman–Crippen MR) is 68.0 cm³/mol. The van der Waals surface area contributed by atoms with Crippen molar-refractivity contribution in [1.82, 2.24) is 5.32 Å². The summed E-state index contributed by atoms with van der Waals surface area (Å²) >= 11 is 0. The SMILES string of the molecule is CC1(Cc2ccc(F)c(C(F)(F)F)c2)CCCN1.Cl. The smallest absolute Gasteiger partial charge is 0.311 e. The lowest BCUT2D eigenvalue weighted by Gasteiger charge is -2.24. The van der Waals surface area contributed by atoms with Crippen molar-refractivity contribution in [2.75, 3.05) is 6.54 Å². The van der Waals surface area contributed by atoms with Gasteiger partial charge in [0, 0.05) is 5.54 Å². The van der Waals surface area contributed by atoms with E-state index < -0.39 is 17.6 Å². The number of hydrogen-bond donors (Lipinski definition) is 1. The number of hydrogen-bond acceptors (Lipinski definition) is 1. The Bertz CT molecular complexity index is 439. The molecule has 1 aliphatic heterocycles. The fourth-order valence-corrected chi connectivity index (χ4v) is 2.46. The molecule has 1 unspecified atom stereocenters. The maximum Gasteiger partial charge on any atom is 0.419 e. The zero-order chi connectivity index (χ0) is 13.4. The minimum absolute atomic E-state index is 0. The second-order valence-electron chi connectivity index (χ2n) is 5.08. The van der Waals surface area contributed by atoms with Gasteiger partial charge in [-0.1, -0.05) is 6.07 Å². The summed E-state index contributed by atoms with van der Waals surface area (Å²) < 4.78 is 50.9. The fourth-order valence-electron chi connectivity index (χ4n) is 2.46. The van der Waals surface area contributed by atoms with Crippen LogP contribution in [-0.2, 0) is 12.6 Å². The third-order valence-corrected chi connectivity index (χ3v) is 3.39. The molecule has 1 aromatic carbocycles. The first-order valence-electron chi connectivity index (χ1n) is 5.91. The van der Waals surface area contributed by atoms with E-state index in [-0.39, 0.29) is 17.9 Å². The molecule has 0 spiro atoms. The van der Waals surface area contributed by atoms with Crippen molar-refractivity contribution in [1.29, 1.82) is 0 Å². The standard InChI is InChI=1S/C13H15F4N.ClH/c1-12(5-2-6-18-12)8-9-3-4-11(14)10(7-9)13(15,16)17;/h3-4,7,18H,2,5-6,8H2,1H3;1H. The number of nitrogens with one attached hydrogen (secondary N) is 1. The molecule has 6 heteroatoms. The number of alkyl halides is 3. The molecule has 1 N–H and O–H groups in total. The maximum atomic E-state index is 13.1. The Morgan fingerprint density at radius 2 is 2.00 bits per heavy atom. The summed E-state index contributed by atoms with van der Waals surface area (Å²) in [7, 11) is 0. The molecule has 0 amide bonds. The summed E-state index contributed by atoms with van der Waals surface area (Å²) in [5.74, 6) is -1.21. The highest BCUT2D eigenvalue weighted by Gasteiger charge is 2.35. The van der Waals surface area contributed by atoms with E-state index in [0.29, 0.717) is 12.0 Å². The van der Waals surface area contributed by atoms with Crippen LogP contribution in [0.25, 0.3) is 0 Å². The normalized spacial score (nSPS) is 23.2. The van der Waals surface area contributed by atoms with Crippen LogP contribution >= 0.6 is 12.4 Å². The summed E-state index contributed by atoms with van der Waals surface area (Å²) in [6, 6.07) is 3.24. The van der Waals surface area contributed by atoms with Gasteiger partial charge in [-0.2, -0.15) is 13.2 Å². The molecule has 0 aromatic heterocycles. The third kappa shape index (κ3) is 3.83. The summed E-state index contributed by atoms with van der Waals surface area (Å²) in [5.41, 5.74) is -0.844. The topological polar surface area (TPSA) is 12.0 Å². The van der Waals surface area contributed by atoms with Gasteiger partial charge in [-0.25, -0.2) is 4.39 Å². The van der Waals surface area contributed by atoms with Gasteiger partial charge in [-0.15, -0.1) is 12.4 Å². The van der Waals surface area contributed by atoms with Gasteiger partial charge in [0.25, 0.3) is 0 Å². The Labute approximate surface area is 115 Å². The highest BCUT2D eigenvalue weighted by Crippen LogP contribution is 2.33. The average molecular weight is 298 g/mol. The summed E-state index contributed by atoms with van der Waals surface area (Å²) in [6.07, 6.45) is -2.21. The first-order valence-corrected chi connectivity index (χ1v) is 5.91. The van der Waals surface area contributed by atoms with Crippen LogP contribution < -0.4 is 5.32 Å². The molecule has 0 saturated carbocycles. The Kier molecular flexibility index (Phi) is 4.85. The van der Waals surface area contributed by atoms with Crippen molar-refractivity contribution < 1.29 is 17.6 Å². The van der Waals surface area contributed by atoms with Crippen LogP contribution in [-0.4, -0.2) is 12.1 Å². The molecule has 19 heavy (non-hydrogen) atoms. The van der Waals surface area contributed by atoms with Crippen LogP contribution in [0.2, 0.25) is 0 Å². The van der Waals surface area contributed by atoms with E-state index in [4.69, 9.17) is 0 Å². The van der Waals surface area contributed by atoms with E-state index in [2.05, 4.69) is 5.32 Å². The van der Waals surface area contributed by atoms with Crippen molar-refractivity contribution in [3.05, 3.63) is 35.1 Å². The summed E-state index contributed by atoms with van der Waals surface area (Å²) in [4.78, 5) is 0. The van der Waals surface area contributed by atoms with Gasteiger partial charge < -0.3 is 5.32 Å². The number of halogens is 5. The second-order valence-corrected chi connectivity index (χ2v) is 5.08. The van der Waals surface area contributed by atoms with E-state index >= 15 is 0 Å². The van der Waals surface area contributed by atoms with Gasteiger partial charge in [0.2, 0.25) is 0 Å². The fraction of sp³-hybridized carbons (Fsp3) is 0.538. The third-order valence-electron chi connectivity index (χ3n) is 3.39. The monoisotopic (exact) mass is 297 g/mol. The van der Waals surface area contributed by atoms with E-state index in [1.54, 1.807) is 0 Å². The van der Waals surface area contributed by atoms with Gasteiger partial charge in [0.15, 0.2) is 0 Å². The molecule has 1 atom stereocenters. The van der Waals surface area contributed by atoms with Crippen molar-refractivity contribution in [3.63, 3.8) is 0 Å². The molecule has 1 aromatic rings. The van der Waals surface area contributed by atoms with Crippen molar-refractivity contribution >= 4 is 12.4 Å². The molecule has 0 bridgehead atoms. The zero-order valence-corrected chi connectivity index (χ0v) is 11.3. The molecular weight excluding hydrogens is 282 g/mol. The predicted octanol–water partition coefficient (Wildman–Crippen LogP) is 3.95. The molecule has 2 rings (SSSR count). The molecule has 0 radical (unpaired) electrons. The molecular formula is C13H16ClF4N. The Morgan fingerprint density at radius 3 is 2.53 bits per heavy atom. The number of rotatable bonds is 2. The van der Waals surface area contributed by atoms with E-state index in [1.165, 1.54) is 6.07 Å². The van der Waals surface area contributed by atoms with Gasteiger partial charge in [-0.05, 0) is 50.4 Å². The summed E-state index contributed by atoms with van der Waals surface area (Å²) in [5, 5.41) is 3.28. The largest absolute Gasteiger partial charge is 0.419 e. The van der Waals surface area contributed by atoms with Crippen LogP contribution in [0.5, 0.6) is 0 Å². The molecule has 1 nitrogen and oxygen atoms in total. The van der Waals surface area contributed by atoms with Crippen molar-refractivity contribution in [3.8, 4) is 0 Å². The molecule has 0 aliphatic carbocycles. The molecule has 1 saturated heterocycles. The maximum absolute atomic E-state index is 13.1. The van der Waals surface area contributed by atoms with Crippen LogP contribution in [0.4, 0.5) is 17.6 Å².